The first-order valence-corrected chi connectivity index (χ1v) is 7.84. The van der Waals surface area contributed by atoms with Gasteiger partial charge in [0.25, 0.3) is 0 Å². The van der Waals surface area contributed by atoms with E-state index in [0.29, 0.717) is 17.5 Å². The van der Waals surface area contributed by atoms with Gasteiger partial charge in [0, 0.05) is 31.0 Å². The summed E-state index contributed by atoms with van der Waals surface area (Å²) < 4.78 is 0. The SMILES string of the molecule is CCNC1CCC(C)(C)CC1N(C)Cc1cccnc1. The highest BCUT2D eigenvalue weighted by Gasteiger charge is 2.36. The third-order valence-electron chi connectivity index (χ3n) is 4.55. The van der Waals surface area contributed by atoms with Crippen LogP contribution in [-0.2, 0) is 6.54 Å². The molecule has 0 aromatic carbocycles. The number of pyridine rings is 1. The minimum Gasteiger partial charge on any atom is -0.313 e. The Morgan fingerprint density at radius 3 is 2.90 bits per heavy atom. The summed E-state index contributed by atoms with van der Waals surface area (Å²) >= 11 is 0. The molecule has 3 nitrogen and oxygen atoms in total. The van der Waals surface area contributed by atoms with Crippen LogP contribution in [0, 0.1) is 5.41 Å². The number of nitrogens with zero attached hydrogens (tertiary/aromatic N) is 2. The van der Waals surface area contributed by atoms with Gasteiger partial charge >= 0.3 is 0 Å². The van der Waals surface area contributed by atoms with E-state index in [1.807, 2.05) is 18.5 Å². The normalized spacial score (nSPS) is 25.9. The fourth-order valence-corrected chi connectivity index (χ4v) is 3.41. The number of nitrogens with one attached hydrogen (secondary N) is 1. The predicted octanol–water partition coefficient (Wildman–Crippen LogP) is 3.07. The van der Waals surface area contributed by atoms with Crippen LogP contribution in [0.1, 0.15) is 45.6 Å². The summed E-state index contributed by atoms with van der Waals surface area (Å²) in [6.45, 7) is 9.05. The van der Waals surface area contributed by atoms with E-state index in [9.17, 15) is 0 Å². The zero-order valence-corrected chi connectivity index (χ0v) is 13.4. The van der Waals surface area contributed by atoms with Gasteiger partial charge in [-0.15, -0.1) is 0 Å². The third-order valence-corrected chi connectivity index (χ3v) is 4.55. The molecular weight excluding hydrogens is 246 g/mol. The van der Waals surface area contributed by atoms with E-state index in [2.05, 4.69) is 49.1 Å². The number of rotatable bonds is 5. The Balaban J connectivity index is 2.05. The summed E-state index contributed by atoms with van der Waals surface area (Å²) in [4.78, 5) is 6.73. The minimum atomic E-state index is 0.458. The smallest absolute Gasteiger partial charge is 0.0312 e. The van der Waals surface area contributed by atoms with Crippen molar-refractivity contribution in [2.75, 3.05) is 13.6 Å². The van der Waals surface area contributed by atoms with Crippen molar-refractivity contribution in [1.29, 1.82) is 0 Å². The van der Waals surface area contributed by atoms with Crippen LogP contribution in [0.5, 0.6) is 0 Å². The van der Waals surface area contributed by atoms with Gasteiger partial charge in [0.05, 0.1) is 0 Å². The Labute approximate surface area is 123 Å². The molecule has 1 aromatic rings. The summed E-state index contributed by atoms with van der Waals surface area (Å²) in [6, 6.07) is 5.42. The molecule has 0 aliphatic heterocycles. The van der Waals surface area contributed by atoms with Gasteiger partial charge in [0.15, 0.2) is 0 Å². The molecule has 0 radical (unpaired) electrons. The number of hydrogen-bond acceptors (Lipinski definition) is 3. The molecule has 0 saturated heterocycles. The summed E-state index contributed by atoms with van der Waals surface area (Å²) in [5, 5.41) is 3.68. The van der Waals surface area contributed by atoms with Crippen molar-refractivity contribution in [3.63, 3.8) is 0 Å². The molecule has 1 saturated carbocycles. The lowest BCUT2D eigenvalue weighted by Gasteiger charge is -2.45. The van der Waals surface area contributed by atoms with Crippen LogP contribution in [0.15, 0.2) is 24.5 Å². The maximum atomic E-state index is 4.22. The second-order valence-electron chi connectivity index (χ2n) is 6.91. The van der Waals surface area contributed by atoms with Crippen LogP contribution in [-0.4, -0.2) is 35.6 Å². The molecule has 20 heavy (non-hydrogen) atoms. The Morgan fingerprint density at radius 1 is 1.45 bits per heavy atom. The Kier molecular flexibility index (Phi) is 5.17. The first-order valence-electron chi connectivity index (χ1n) is 7.84. The number of hydrogen-bond donors (Lipinski definition) is 1. The van der Waals surface area contributed by atoms with E-state index in [0.717, 1.165) is 13.1 Å². The van der Waals surface area contributed by atoms with Crippen LogP contribution in [0.4, 0.5) is 0 Å². The molecule has 0 spiro atoms. The van der Waals surface area contributed by atoms with Gasteiger partial charge in [-0.2, -0.15) is 0 Å². The second kappa shape index (κ2) is 6.68. The summed E-state index contributed by atoms with van der Waals surface area (Å²) in [6.07, 6.45) is 7.69. The highest BCUT2D eigenvalue weighted by Crippen LogP contribution is 2.37. The Morgan fingerprint density at radius 2 is 2.25 bits per heavy atom. The van der Waals surface area contributed by atoms with Gasteiger partial charge in [-0.3, -0.25) is 9.88 Å². The number of aromatic nitrogens is 1. The lowest BCUT2D eigenvalue weighted by molar-refractivity contribution is 0.0780. The average Bonchev–Trinajstić information content (AvgIpc) is 2.42. The van der Waals surface area contributed by atoms with E-state index in [4.69, 9.17) is 0 Å². The van der Waals surface area contributed by atoms with Crippen LogP contribution >= 0.6 is 0 Å². The molecule has 1 heterocycles. The third kappa shape index (κ3) is 4.03. The van der Waals surface area contributed by atoms with Crippen molar-refractivity contribution >= 4 is 0 Å². The van der Waals surface area contributed by atoms with E-state index in [1.54, 1.807) is 0 Å². The summed E-state index contributed by atoms with van der Waals surface area (Å²) in [5.41, 5.74) is 1.76. The highest BCUT2D eigenvalue weighted by molar-refractivity contribution is 5.09. The van der Waals surface area contributed by atoms with Crippen molar-refractivity contribution < 1.29 is 0 Å². The molecule has 1 fully saturated rings. The monoisotopic (exact) mass is 275 g/mol. The first-order chi connectivity index (χ1) is 9.52. The molecule has 1 aromatic heterocycles. The lowest BCUT2D eigenvalue weighted by Crippen LogP contribution is -2.53. The quantitative estimate of drug-likeness (QED) is 0.895. The molecule has 1 aliphatic rings. The summed E-state index contributed by atoms with van der Waals surface area (Å²) in [7, 11) is 2.25. The van der Waals surface area contributed by atoms with E-state index in [1.165, 1.54) is 24.8 Å². The van der Waals surface area contributed by atoms with Crippen LogP contribution < -0.4 is 5.32 Å². The topological polar surface area (TPSA) is 28.2 Å². The van der Waals surface area contributed by atoms with E-state index in [-0.39, 0.29) is 0 Å². The van der Waals surface area contributed by atoms with E-state index < -0.39 is 0 Å². The second-order valence-corrected chi connectivity index (χ2v) is 6.91. The molecule has 2 rings (SSSR count). The van der Waals surface area contributed by atoms with Gasteiger partial charge in [-0.25, -0.2) is 0 Å². The van der Waals surface area contributed by atoms with Gasteiger partial charge in [-0.1, -0.05) is 26.8 Å². The molecule has 1 N–H and O–H groups in total. The molecule has 1 aliphatic carbocycles. The fraction of sp³-hybridized carbons (Fsp3) is 0.706. The maximum Gasteiger partial charge on any atom is 0.0312 e. The van der Waals surface area contributed by atoms with Gasteiger partial charge in [0.1, 0.15) is 0 Å². The first kappa shape index (κ1) is 15.5. The molecule has 0 bridgehead atoms. The zero-order valence-electron chi connectivity index (χ0n) is 13.4. The van der Waals surface area contributed by atoms with Gasteiger partial charge in [-0.05, 0) is 49.9 Å². The van der Waals surface area contributed by atoms with Crippen molar-refractivity contribution in [2.24, 2.45) is 5.41 Å². The predicted molar refractivity (Wildman–Crippen MR) is 84.6 cm³/mol. The molecule has 2 unspecified atom stereocenters. The Hall–Kier alpha value is -0.930. The highest BCUT2D eigenvalue weighted by atomic mass is 15.2. The van der Waals surface area contributed by atoms with Crippen LogP contribution in [0.25, 0.3) is 0 Å². The van der Waals surface area contributed by atoms with Crippen molar-refractivity contribution in [1.82, 2.24) is 15.2 Å². The van der Waals surface area contributed by atoms with Crippen molar-refractivity contribution in [2.45, 2.75) is 58.7 Å². The van der Waals surface area contributed by atoms with Gasteiger partial charge < -0.3 is 5.32 Å². The van der Waals surface area contributed by atoms with Crippen LogP contribution in [0.2, 0.25) is 0 Å². The summed E-state index contributed by atoms with van der Waals surface area (Å²) in [5.74, 6) is 0. The molecule has 0 amide bonds. The van der Waals surface area contributed by atoms with Gasteiger partial charge in [0.2, 0.25) is 0 Å². The van der Waals surface area contributed by atoms with Crippen LogP contribution in [0.3, 0.4) is 0 Å². The van der Waals surface area contributed by atoms with Crippen molar-refractivity contribution in [3.8, 4) is 0 Å². The molecule has 3 heteroatoms. The average molecular weight is 275 g/mol. The molecular formula is C17H29N3. The molecule has 2 atom stereocenters. The lowest BCUT2D eigenvalue weighted by atomic mass is 9.72. The zero-order chi connectivity index (χ0) is 14.6. The van der Waals surface area contributed by atoms with Crippen molar-refractivity contribution in [3.05, 3.63) is 30.1 Å². The standard InChI is InChI=1S/C17H29N3/c1-5-19-15-8-9-17(2,3)11-16(15)20(4)13-14-7-6-10-18-12-14/h6-7,10,12,15-16,19H,5,8-9,11,13H2,1-4H3. The fourth-order valence-electron chi connectivity index (χ4n) is 3.41. The van der Waals surface area contributed by atoms with E-state index >= 15 is 0 Å². The minimum absolute atomic E-state index is 0.458. The Bertz CT molecular complexity index is 402. The number of likely N-dealkylation sites (N-methyl/N-ethyl adjacent to an activating group) is 2. The largest absolute Gasteiger partial charge is 0.313 e. The maximum absolute atomic E-state index is 4.22. The molecule has 112 valence electrons.